The summed E-state index contributed by atoms with van der Waals surface area (Å²) in [5.41, 5.74) is 2.53. The van der Waals surface area contributed by atoms with Crippen LogP contribution in [0.15, 0.2) is 42.5 Å². The molecule has 0 atom stereocenters. The maximum Gasteiger partial charge on any atom is 0.573 e. The Morgan fingerprint density at radius 3 is 2.42 bits per heavy atom. The van der Waals surface area contributed by atoms with Crippen molar-refractivity contribution in [2.75, 3.05) is 24.3 Å². The lowest BCUT2D eigenvalue weighted by Gasteiger charge is -2.16. The van der Waals surface area contributed by atoms with E-state index in [1.54, 1.807) is 12.1 Å². The zero-order valence-electron chi connectivity index (χ0n) is 13.4. The van der Waals surface area contributed by atoms with Crippen LogP contribution in [0.5, 0.6) is 5.75 Å². The number of carbonyl (C=O) groups is 1. The van der Waals surface area contributed by atoms with E-state index in [0.29, 0.717) is 5.56 Å². The number of hydrogen-bond acceptors (Lipinski definition) is 3. The highest BCUT2D eigenvalue weighted by atomic mass is 19.4. The van der Waals surface area contributed by atoms with Crippen molar-refractivity contribution in [1.82, 2.24) is 0 Å². The van der Waals surface area contributed by atoms with Crippen molar-refractivity contribution in [3.8, 4) is 5.75 Å². The third kappa shape index (κ3) is 4.65. The van der Waals surface area contributed by atoms with E-state index in [0.717, 1.165) is 17.3 Å². The van der Waals surface area contributed by atoms with Crippen LogP contribution in [0.4, 0.5) is 24.5 Å². The lowest BCUT2D eigenvalue weighted by Crippen LogP contribution is -2.17. The van der Waals surface area contributed by atoms with Crippen molar-refractivity contribution in [3.05, 3.63) is 53.6 Å². The van der Waals surface area contributed by atoms with Gasteiger partial charge in [0, 0.05) is 37.1 Å². The summed E-state index contributed by atoms with van der Waals surface area (Å²) < 4.78 is 40.5. The lowest BCUT2D eigenvalue weighted by atomic mass is 10.1. The van der Waals surface area contributed by atoms with E-state index in [4.69, 9.17) is 0 Å². The first-order valence-corrected chi connectivity index (χ1v) is 7.11. The molecule has 0 aliphatic carbocycles. The first kappa shape index (κ1) is 17.7. The summed E-state index contributed by atoms with van der Waals surface area (Å²) in [4.78, 5) is 14.2. The van der Waals surface area contributed by atoms with Crippen LogP contribution >= 0.6 is 0 Å². The highest BCUT2D eigenvalue weighted by molar-refractivity contribution is 6.04. The van der Waals surface area contributed by atoms with Gasteiger partial charge in [0.25, 0.3) is 5.91 Å². The van der Waals surface area contributed by atoms with Gasteiger partial charge in [-0.1, -0.05) is 6.07 Å². The lowest BCUT2D eigenvalue weighted by molar-refractivity contribution is -0.274. The van der Waals surface area contributed by atoms with Gasteiger partial charge in [0.1, 0.15) is 5.75 Å². The van der Waals surface area contributed by atoms with Crippen LogP contribution in [-0.4, -0.2) is 26.4 Å². The molecule has 0 radical (unpaired) electrons. The summed E-state index contributed by atoms with van der Waals surface area (Å²) in [6.07, 6.45) is -4.78. The molecule has 0 saturated heterocycles. The number of amides is 1. The van der Waals surface area contributed by atoms with Gasteiger partial charge in [0.05, 0.1) is 0 Å². The van der Waals surface area contributed by atoms with Crippen LogP contribution in [0.3, 0.4) is 0 Å². The summed E-state index contributed by atoms with van der Waals surface area (Å²) in [5.74, 6) is -0.799. The summed E-state index contributed by atoms with van der Waals surface area (Å²) in [7, 11) is 3.79. The fourth-order valence-electron chi connectivity index (χ4n) is 2.27. The van der Waals surface area contributed by atoms with Crippen LogP contribution in [-0.2, 0) is 0 Å². The van der Waals surface area contributed by atoms with E-state index in [2.05, 4.69) is 10.1 Å². The number of carbonyl (C=O) groups excluding carboxylic acids is 1. The minimum absolute atomic E-state index is 0.219. The number of rotatable bonds is 4. The minimum Gasteiger partial charge on any atom is -0.406 e. The van der Waals surface area contributed by atoms with E-state index < -0.39 is 12.3 Å². The summed E-state index contributed by atoms with van der Waals surface area (Å²) >= 11 is 0. The van der Waals surface area contributed by atoms with Crippen molar-refractivity contribution in [2.45, 2.75) is 13.3 Å². The van der Waals surface area contributed by atoms with E-state index in [1.807, 2.05) is 32.0 Å². The molecule has 0 aliphatic rings. The number of aryl methyl sites for hydroxylation is 1. The van der Waals surface area contributed by atoms with Gasteiger partial charge in [-0.05, 0) is 42.8 Å². The van der Waals surface area contributed by atoms with E-state index in [-0.39, 0.29) is 11.4 Å². The average Bonchev–Trinajstić information content (AvgIpc) is 2.45. The quantitative estimate of drug-likeness (QED) is 0.908. The summed E-state index contributed by atoms with van der Waals surface area (Å²) in [6.45, 7) is 1.88. The van der Waals surface area contributed by atoms with Gasteiger partial charge in [-0.2, -0.15) is 0 Å². The van der Waals surface area contributed by atoms with E-state index in [9.17, 15) is 18.0 Å². The Morgan fingerprint density at radius 1 is 1.12 bits per heavy atom. The molecule has 2 aromatic carbocycles. The van der Waals surface area contributed by atoms with E-state index in [1.165, 1.54) is 18.2 Å². The monoisotopic (exact) mass is 338 g/mol. The number of halogens is 3. The second-order valence-corrected chi connectivity index (χ2v) is 5.43. The third-order valence-corrected chi connectivity index (χ3v) is 3.27. The fourth-order valence-corrected chi connectivity index (χ4v) is 2.27. The van der Waals surface area contributed by atoms with Crippen molar-refractivity contribution in [2.24, 2.45) is 0 Å². The van der Waals surface area contributed by atoms with E-state index >= 15 is 0 Å². The number of anilines is 2. The van der Waals surface area contributed by atoms with Crippen LogP contribution in [0.1, 0.15) is 15.9 Å². The zero-order chi connectivity index (χ0) is 17.9. The number of benzene rings is 2. The van der Waals surface area contributed by atoms with Gasteiger partial charge in [-0.15, -0.1) is 13.2 Å². The molecule has 0 bridgehead atoms. The van der Waals surface area contributed by atoms with Crippen molar-refractivity contribution >= 4 is 17.3 Å². The largest absolute Gasteiger partial charge is 0.573 e. The number of nitrogens with one attached hydrogen (secondary N) is 1. The van der Waals surface area contributed by atoms with Gasteiger partial charge in [-0.25, -0.2) is 0 Å². The smallest absolute Gasteiger partial charge is 0.406 e. The first-order chi connectivity index (χ1) is 11.2. The molecule has 0 aromatic heterocycles. The molecular formula is C17H17F3N2O2. The fraction of sp³-hybridized carbons (Fsp3) is 0.235. The number of ether oxygens (including phenoxy) is 1. The van der Waals surface area contributed by atoms with Crippen LogP contribution < -0.4 is 15.0 Å². The Kier molecular flexibility index (Phi) is 5.02. The van der Waals surface area contributed by atoms with Gasteiger partial charge in [0.2, 0.25) is 0 Å². The number of nitrogens with zero attached hydrogens (tertiary/aromatic N) is 1. The molecule has 7 heteroatoms. The van der Waals surface area contributed by atoms with Crippen molar-refractivity contribution in [3.63, 3.8) is 0 Å². The molecule has 1 N–H and O–H groups in total. The predicted molar refractivity (Wildman–Crippen MR) is 86.6 cm³/mol. The van der Waals surface area contributed by atoms with Gasteiger partial charge in [0.15, 0.2) is 0 Å². The van der Waals surface area contributed by atoms with Gasteiger partial charge >= 0.3 is 6.36 Å². The Bertz CT molecular complexity index is 743. The number of hydrogen-bond donors (Lipinski definition) is 1. The van der Waals surface area contributed by atoms with Gasteiger partial charge in [-0.3, -0.25) is 4.79 Å². The Labute approximate surface area is 137 Å². The molecule has 0 heterocycles. The molecule has 0 aliphatic heterocycles. The third-order valence-electron chi connectivity index (χ3n) is 3.27. The summed E-state index contributed by atoms with van der Waals surface area (Å²) in [6, 6.07) is 10.3. The summed E-state index contributed by atoms with van der Waals surface area (Å²) in [5, 5.41) is 2.56. The SMILES string of the molecule is Cc1cc(C(=O)Nc2cccc(OC(F)(F)F)c2)ccc1N(C)C. The molecule has 4 nitrogen and oxygen atoms in total. The normalized spacial score (nSPS) is 11.1. The topological polar surface area (TPSA) is 41.6 Å². The maximum atomic E-state index is 12.3. The second kappa shape index (κ2) is 6.82. The van der Waals surface area contributed by atoms with Crippen LogP contribution in [0.2, 0.25) is 0 Å². The molecule has 2 aromatic rings. The van der Waals surface area contributed by atoms with Crippen LogP contribution in [0.25, 0.3) is 0 Å². The zero-order valence-corrected chi connectivity index (χ0v) is 13.4. The molecule has 1 amide bonds. The average molecular weight is 338 g/mol. The maximum absolute atomic E-state index is 12.3. The molecule has 24 heavy (non-hydrogen) atoms. The number of alkyl halides is 3. The molecule has 0 saturated carbocycles. The molecule has 0 unspecified atom stereocenters. The van der Waals surface area contributed by atoms with Crippen molar-refractivity contribution in [1.29, 1.82) is 0 Å². The first-order valence-electron chi connectivity index (χ1n) is 7.11. The Hall–Kier alpha value is -2.70. The minimum atomic E-state index is -4.78. The van der Waals surface area contributed by atoms with Crippen LogP contribution in [0, 0.1) is 6.92 Å². The molecule has 128 valence electrons. The molecule has 0 spiro atoms. The second-order valence-electron chi connectivity index (χ2n) is 5.43. The molecule has 0 fully saturated rings. The van der Waals surface area contributed by atoms with Crippen molar-refractivity contribution < 1.29 is 22.7 Å². The standard InChI is InChI=1S/C17H17F3N2O2/c1-11-9-12(7-8-15(11)22(2)3)16(23)21-13-5-4-6-14(10-13)24-17(18,19)20/h4-10H,1-3H3,(H,21,23). The Balaban J connectivity index is 2.15. The Morgan fingerprint density at radius 2 is 1.83 bits per heavy atom. The van der Waals surface area contributed by atoms with Gasteiger partial charge < -0.3 is 15.0 Å². The molecular weight excluding hydrogens is 321 g/mol. The predicted octanol–water partition coefficient (Wildman–Crippen LogP) is 4.21. The highest BCUT2D eigenvalue weighted by Gasteiger charge is 2.31. The molecule has 2 rings (SSSR count). The highest BCUT2D eigenvalue weighted by Crippen LogP contribution is 2.25.